The number of H-pyrrole nitrogens is 1. The van der Waals surface area contributed by atoms with Crippen molar-refractivity contribution in [1.82, 2.24) is 20.6 Å². The number of methoxy groups -OCH3 is 2. The van der Waals surface area contributed by atoms with Crippen LogP contribution in [0.2, 0.25) is 0 Å². The highest BCUT2D eigenvalue weighted by Gasteiger charge is 2.23. The van der Waals surface area contributed by atoms with Gasteiger partial charge in [0.1, 0.15) is 11.5 Å². The van der Waals surface area contributed by atoms with Crippen molar-refractivity contribution in [3.05, 3.63) is 52.4 Å². The van der Waals surface area contributed by atoms with Gasteiger partial charge in [0.05, 0.1) is 14.2 Å². The summed E-state index contributed by atoms with van der Waals surface area (Å²) in [7, 11) is 3.16. The Bertz CT molecular complexity index is 1300. The zero-order valence-electron chi connectivity index (χ0n) is 19.7. The fourth-order valence-electron chi connectivity index (χ4n) is 4.54. The highest BCUT2D eigenvalue weighted by atomic mass is 32.1. The summed E-state index contributed by atoms with van der Waals surface area (Å²) >= 11 is 1.30. The first kappa shape index (κ1) is 23.1. The summed E-state index contributed by atoms with van der Waals surface area (Å²) in [6.07, 6.45) is 6.49. The van der Waals surface area contributed by atoms with Gasteiger partial charge in [-0.15, -0.1) is 16.4 Å². The van der Waals surface area contributed by atoms with E-state index in [0.29, 0.717) is 34.7 Å². The topological polar surface area (TPSA) is 111 Å². The summed E-state index contributed by atoms with van der Waals surface area (Å²) in [5.41, 5.74) is 2.43. The van der Waals surface area contributed by atoms with Crippen LogP contribution in [0, 0.1) is 0 Å². The molecule has 2 aromatic heterocycles. The van der Waals surface area contributed by atoms with Crippen molar-refractivity contribution in [2.24, 2.45) is 0 Å². The molecule has 0 atom stereocenters. The molecule has 1 amide bonds. The molecule has 9 nitrogen and oxygen atoms in total. The molecule has 2 N–H and O–H groups in total. The first-order valence-corrected chi connectivity index (χ1v) is 12.4. The van der Waals surface area contributed by atoms with Gasteiger partial charge in [-0.2, -0.15) is 5.21 Å². The fourth-order valence-corrected chi connectivity index (χ4v) is 5.60. The minimum absolute atomic E-state index is 0.0897. The normalized spacial score (nSPS) is 14.1. The fraction of sp³-hybridized carbons (Fsp3) is 0.360. The van der Waals surface area contributed by atoms with Crippen molar-refractivity contribution in [2.75, 3.05) is 19.5 Å². The molecule has 5 rings (SSSR count). The number of carbonyl (C=O) groups excluding carboxylic acids is 1. The van der Waals surface area contributed by atoms with Gasteiger partial charge >= 0.3 is 0 Å². The van der Waals surface area contributed by atoms with Crippen molar-refractivity contribution in [2.45, 2.75) is 44.6 Å². The molecule has 4 aromatic rings. The average Bonchev–Trinajstić information content (AvgIpc) is 3.54. The Morgan fingerprint density at radius 3 is 2.51 bits per heavy atom. The third kappa shape index (κ3) is 4.93. The molecule has 0 unspecified atom stereocenters. The van der Waals surface area contributed by atoms with Crippen molar-refractivity contribution in [3.8, 4) is 17.2 Å². The second-order valence-electron chi connectivity index (χ2n) is 8.52. The van der Waals surface area contributed by atoms with Gasteiger partial charge in [0.15, 0.2) is 17.2 Å². The maximum absolute atomic E-state index is 13.1. The molecule has 0 bridgehead atoms. The predicted octanol–water partition coefficient (Wildman–Crippen LogP) is 5.31. The van der Waals surface area contributed by atoms with Gasteiger partial charge in [-0.05, 0) is 41.2 Å². The van der Waals surface area contributed by atoms with Crippen molar-refractivity contribution < 1.29 is 19.0 Å². The standard InChI is InChI=1S/C25H27N5O4S/c1-32-19-12-18-21(13-20(19)33-2)35-23(24(31)26-25-27-29-30-28-25)22(18)34-14-15-8-10-17(11-9-15)16-6-4-3-5-7-16/h8-13,16H,3-7,14H2,1-2H3,(H2,26,27,28,29,30,31). The Morgan fingerprint density at radius 2 is 1.83 bits per heavy atom. The smallest absolute Gasteiger partial charge is 0.272 e. The van der Waals surface area contributed by atoms with E-state index in [9.17, 15) is 4.79 Å². The molecule has 0 saturated heterocycles. The molecule has 0 spiro atoms. The molecule has 35 heavy (non-hydrogen) atoms. The lowest BCUT2D eigenvalue weighted by Crippen LogP contribution is -2.13. The van der Waals surface area contributed by atoms with Crippen LogP contribution in [0.25, 0.3) is 10.1 Å². The highest BCUT2D eigenvalue weighted by Crippen LogP contribution is 2.44. The number of thiophene rings is 1. The van der Waals surface area contributed by atoms with E-state index in [1.54, 1.807) is 14.2 Å². The van der Waals surface area contributed by atoms with Gasteiger partial charge in [-0.3, -0.25) is 10.1 Å². The Kier molecular flexibility index (Phi) is 6.80. The molecule has 1 saturated carbocycles. The van der Waals surface area contributed by atoms with E-state index in [-0.39, 0.29) is 11.9 Å². The van der Waals surface area contributed by atoms with E-state index in [1.165, 1.54) is 49.0 Å². The van der Waals surface area contributed by atoms with E-state index in [0.717, 1.165) is 15.6 Å². The number of nitrogens with zero attached hydrogens (tertiary/aromatic N) is 3. The van der Waals surface area contributed by atoms with Gasteiger partial charge in [-0.1, -0.05) is 48.6 Å². The number of hydrogen-bond acceptors (Lipinski definition) is 8. The average molecular weight is 494 g/mol. The number of anilines is 1. The van der Waals surface area contributed by atoms with Crippen molar-refractivity contribution in [1.29, 1.82) is 0 Å². The lowest BCUT2D eigenvalue weighted by atomic mass is 9.84. The van der Waals surface area contributed by atoms with E-state index < -0.39 is 0 Å². The number of hydrogen-bond donors (Lipinski definition) is 2. The van der Waals surface area contributed by atoms with Crippen LogP contribution in [0.1, 0.15) is 58.8 Å². The minimum Gasteiger partial charge on any atom is -0.493 e. The monoisotopic (exact) mass is 493 g/mol. The third-order valence-corrected chi connectivity index (χ3v) is 7.50. The number of nitrogens with one attached hydrogen (secondary N) is 2. The number of fused-ring (bicyclic) bond motifs is 1. The number of benzene rings is 2. The molecule has 2 aromatic carbocycles. The maximum Gasteiger partial charge on any atom is 0.272 e. The van der Waals surface area contributed by atoms with Crippen LogP contribution >= 0.6 is 11.3 Å². The molecular formula is C25H27N5O4S. The van der Waals surface area contributed by atoms with Crippen molar-refractivity contribution in [3.63, 3.8) is 0 Å². The number of aromatic amines is 1. The van der Waals surface area contributed by atoms with Crippen LogP contribution < -0.4 is 19.5 Å². The van der Waals surface area contributed by atoms with E-state index in [2.05, 4.69) is 50.2 Å². The molecule has 2 heterocycles. The summed E-state index contributed by atoms with van der Waals surface area (Å²) in [6.45, 7) is 0.327. The summed E-state index contributed by atoms with van der Waals surface area (Å²) in [5, 5.41) is 16.8. The lowest BCUT2D eigenvalue weighted by molar-refractivity contribution is 0.102. The first-order chi connectivity index (χ1) is 17.2. The Hall–Kier alpha value is -3.66. The zero-order valence-corrected chi connectivity index (χ0v) is 20.5. The number of amides is 1. The van der Waals surface area contributed by atoms with E-state index in [1.807, 2.05) is 12.1 Å². The summed E-state index contributed by atoms with van der Waals surface area (Å²) in [5.74, 6) is 1.98. The SMILES string of the molecule is COc1cc2sc(C(=O)Nc3nn[nH]n3)c(OCc3ccc(C4CCCCC4)cc3)c2cc1OC. The van der Waals surface area contributed by atoms with Crippen LogP contribution in [0.3, 0.4) is 0 Å². The molecule has 1 fully saturated rings. The van der Waals surface area contributed by atoms with E-state index in [4.69, 9.17) is 14.2 Å². The van der Waals surface area contributed by atoms with Gasteiger partial charge in [-0.25, -0.2) is 0 Å². The van der Waals surface area contributed by atoms with Gasteiger partial charge in [0.2, 0.25) is 0 Å². The maximum atomic E-state index is 13.1. The van der Waals surface area contributed by atoms with Gasteiger partial charge in [0.25, 0.3) is 11.9 Å². The first-order valence-electron chi connectivity index (χ1n) is 11.6. The summed E-state index contributed by atoms with van der Waals surface area (Å²) < 4.78 is 18.0. The summed E-state index contributed by atoms with van der Waals surface area (Å²) in [6, 6.07) is 12.3. The number of rotatable bonds is 8. The number of tetrazole rings is 1. The summed E-state index contributed by atoms with van der Waals surface area (Å²) in [4.78, 5) is 13.5. The second-order valence-corrected chi connectivity index (χ2v) is 9.57. The number of ether oxygens (including phenoxy) is 3. The Balaban J connectivity index is 1.43. The second kappa shape index (κ2) is 10.3. The molecule has 0 aliphatic heterocycles. The molecule has 182 valence electrons. The molecule has 10 heteroatoms. The Morgan fingerprint density at radius 1 is 1.09 bits per heavy atom. The van der Waals surface area contributed by atoms with E-state index >= 15 is 0 Å². The molecule has 1 aliphatic carbocycles. The number of carbonyl (C=O) groups is 1. The zero-order chi connectivity index (χ0) is 24.2. The molecule has 1 aliphatic rings. The van der Waals surface area contributed by atoms with Crippen LogP contribution in [-0.4, -0.2) is 40.8 Å². The lowest BCUT2D eigenvalue weighted by Gasteiger charge is -2.22. The van der Waals surface area contributed by atoms with Crippen LogP contribution in [0.4, 0.5) is 5.95 Å². The molecule has 0 radical (unpaired) electrons. The largest absolute Gasteiger partial charge is 0.493 e. The minimum atomic E-state index is -0.381. The quantitative estimate of drug-likeness (QED) is 0.342. The molecular weight excluding hydrogens is 466 g/mol. The predicted molar refractivity (Wildman–Crippen MR) is 134 cm³/mol. The van der Waals surface area contributed by atoms with Crippen LogP contribution in [-0.2, 0) is 6.61 Å². The van der Waals surface area contributed by atoms with Gasteiger partial charge < -0.3 is 14.2 Å². The Labute approximate surface area is 206 Å². The van der Waals surface area contributed by atoms with Crippen LogP contribution in [0.5, 0.6) is 17.2 Å². The number of aromatic nitrogens is 4. The highest BCUT2D eigenvalue weighted by molar-refractivity contribution is 7.21. The van der Waals surface area contributed by atoms with Crippen molar-refractivity contribution >= 4 is 33.3 Å². The van der Waals surface area contributed by atoms with Crippen LogP contribution in [0.15, 0.2) is 36.4 Å². The third-order valence-electron chi connectivity index (χ3n) is 6.37. The van der Waals surface area contributed by atoms with Gasteiger partial charge in [0, 0.05) is 16.2 Å².